The van der Waals surface area contributed by atoms with Gasteiger partial charge in [-0.05, 0) is 18.4 Å². The number of rotatable bonds is 4. The highest BCUT2D eigenvalue weighted by Gasteiger charge is 2.21. The van der Waals surface area contributed by atoms with Crippen LogP contribution in [0.2, 0.25) is 0 Å². The topological polar surface area (TPSA) is 96.5 Å². The molecule has 0 spiro atoms. The van der Waals surface area contributed by atoms with Gasteiger partial charge in [-0.1, -0.05) is 6.07 Å². The molecule has 0 fully saturated rings. The summed E-state index contributed by atoms with van der Waals surface area (Å²) in [5.41, 5.74) is -1.44. The van der Waals surface area contributed by atoms with Gasteiger partial charge in [-0.2, -0.15) is 0 Å². The van der Waals surface area contributed by atoms with E-state index in [1.165, 1.54) is 11.3 Å². The van der Waals surface area contributed by atoms with Crippen LogP contribution in [0.4, 0.5) is 0 Å². The van der Waals surface area contributed by atoms with Crippen LogP contribution in [-0.2, 0) is 4.74 Å². The van der Waals surface area contributed by atoms with Gasteiger partial charge >= 0.3 is 5.97 Å². The minimum Gasteiger partial charge on any atom is -0.507 e. The fourth-order valence-corrected chi connectivity index (χ4v) is 2.29. The summed E-state index contributed by atoms with van der Waals surface area (Å²) in [7, 11) is 0. The Morgan fingerprint density at radius 2 is 2.20 bits per heavy atom. The molecule has 20 heavy (non-hydrogen) atoms. The molecule has 0 aliphatic carbocycles. The Morgan fingerprint density at radius 3 is 2.75 bits per heavy atom. The Labute approximate surface area is 117 Å². The van der Waals surface area contributed by atoms with Crippen LogP contribution in [0.5, 0.6) is 5.75 Å². The highest BCUT2D eigenvalue weighted by atomic mass is 32.1. The Hall–Kier alpha value is -2.41. The first-order chi connectivity index (χ1) is 9.54. The second kappa shape index (κ2) is 5.70. The predicted octanol–water partition coefficient (Wildman–Crippen LogP) is 1.55. The number of carbonyl (C=O) groups is 2. The predicted molar refractivity (Wildman–Crippen MR) is 72.4 cm³/mol. The molecule has 0 atom stereocenters. The Balaban J connectivity index is 2.43. The first-order valence-electron chi connectivity index (χ1n) is 5.76. The maximum Gasteiger partial charge on any atom is 0.347 e. The molecule has 0 saturated heterocycles. The second-order valence-electron chi connectivity index (χ2n) is 3.80. The molecule has 2 rings (SSSR count). The lowest BCUT2D eigenvalue weighted by molar-refractivity contribution is 0.0520. The van der Waals surface area contributed by atoms with Gasteiger partial charge in [0.05, 0.1) is 17.2 Å². The molecule has 0 bridgehead atoms. The van der Waals surface area contributed by atoms with Crippen molar-refractivity contribution in [2.45, 2.75) is 6.92 Å². The summed E-state index contributed by atoms with van der Waals surface area (Å²) in [5.74, 6) is -1.93. The van der Waals surface area contributed by atoms with E-state index in [0.29, 0.717) is 4.88 Å². The molecule has 0 radical (unpaired) electrons. The summed E-state index contributed by atoms with van der Waals surface area (Å²) in [6, 6.07) is 4.35. The van der Waals surface area contributed by atoms with Crippen LogP contribution in [0, 0.1) is 0 Å². The number of hydrogen-bond donors (Lipinski definition) is 2. The van der Waals surface area contributed by atoms with Gasteiger partial charge in [0.15, 0.2) is 5.56 Å². The number of ether oxygens (including phenoxy) is 1. The highest BCUT2D eigenvalue weighted by molar-refractivity contribution is 7.12. The van der Waals surface area contributed by atoms with Gasteiger partial charge < -0.3 is 14.8 Å². The van der Waals surface area contributed by atoms with E-state index in [-0.39, 0.29) is 12.3 Å². The fraction of sp³-hybridized carbons (Fsp3) is 0.154. The van der Waals surface area contributed by atoms with Crippen molar-refractivity contribution in [2.75, 3.05) is 6.61 Å². The van der Waals surface area contributed by atoms with Crippen LogP contribution in [0.25, 0.3) is 0 Å². The van der Waals surface area contributed by atoms with E-state index in [0.717, 1.165) is 6.07 Å². The third kappa shape index (κ3) is 2.62. The van der Waals surface area contributed by atoms with Crippen molar-refractivity contribution < 1.29 is 19.4 Å². The number of pyridine rings is 1. The largest absolute Gasteiger partial charge is 0.507 e. The van der Waals surface area contributed by atoms with Gasteiger partial charge in [-0.25, -0.2) is 4.79 Å². The van der Waals surface area contributed by atoms with E-state index in [9.17, 15) is 19.5 Å². The Bertz CT molecular complexity index is 702. The van der Waals surface area contributed by atoms with Crippen molar-refractivity contribution in [3.8, 4) is 5.75 Å². The average molecular weight is 293 g/mol. The van der Waals surface area contributed by atoms with E-state index in [2.05, 4.69) is 9.72 Å². The van der Waals surface area contributed by atoms with E-state index in [4.69, 9.17) is 0 Å². The normalized spacial score (nSPS) is 10.2. The zero-order chi connectivity index (χ0) is 14.7. The van der Waals surface area contributed by atoms with Gasteiger partial charge in [0.1, 0.15) is 5.75 Å². The van der Waals surface area contributed by atoms with Crippen molar-refractivity contribution in [3.63, 3.8) is 0 Å². The highest BCUT2D eigenvalue weighted by Crippen LogP contribution is 2.18. The molecule has 6 nitrogen and oxygen atoms in total. The third-order valence-electron chi connectivity index (χ3n) is 2.48. The zero-order valence-electron chi connectivity index (χ0n) is 10.5. The maximum absolute atomic E-state index is 12.0. The molecule has 7 heteroatoms. The molecule has 2 heterocycles. The number of aromatic amines is 1. The van der Waals surface area contributed by atoms with Gasteiger partial charge in [0, 0.05) is 6.07 Å². The molecule has 0 unspecified atom stereocenters. The molecular weight excluding hydrogens is 282 g/mol. The van der Waals surface area contributed by atoms with Crippen LogP contribution in [0.3, 0.4) is 0 Å². The fourth-order valence-electron chi connectivity index (χ4n) is 1.61. The van der Waals surface area contributed by atoms with Crippen LogP contribution in [0.15, 0.2) is 28.4 Å². The number of ketones is 1. The van der Waals surface area contributed by atoms with E-state index >= 15 is 0 Å². The summed E-state index contributed by atoms with van der Waals surface area (Å²) in [4.78, 5) is 38.0. The van der Waals surface area contributed by atoms with Crippen molar-refractivity contribution in [2.24, 2.45) is 0 Å². The van der Waals surface area contributed by atoms with Crippen molar-refractivity contribution in [3.05, 3.63) is 50.1 Å². The zero-order valence-corrected chi connectivity index (χ0v) is 11.3. The van der Waals surface area contributed by atoms with E-state index in [1.807, 2.05) is 0 Å². The van der Waals surface area contributed by atoms with Crippen LogP contribution < -0.4 is 5.56 Å². The van der Waals surface area contributed by atoms with E-state index in [1.54, 1.807) is 24.4 Å². The number of H-pyrrole nitrogens is 1. The molecular formula is C13H11NO5S. The smallest absolute Gasteiger partial charge is 0.347 e. The number of hydrogen-bond acceptors (Lipinski definition) is 6. The van der Waals surface area contributed by atoms with Gasteiger partial charge in [0.2, 0.25) is 5.78 Å². The molecule has 2 aromatic rings. The van der Waals surface area contributed by atoms with E-state index < -0.39 is 28.6 Å². The third-order valence-corrected chi connectivity index (χ3v) is 3.35. The van der Waals surface area contributed by atoms with Gasteiger partial charge in [-0.3, -0.25) is 9.59 Å². The summed E-state index contributed by atoms with van der Waals surface area (Å²) < 4.78 is 4.66. The lowest BCUT2D eigenvalue weighted by Crippen LogP contribution is -2.22. The summed E-state index contributed by atoms with van der Waals surface area (Å²) in [5, 5.41) is 11.5. The summed E-state index contributed by atoms with van der Waals surface area (Å²) in [6.45, 7) is 1.66. The van der Waals surface area contributed by atoms with Gasteiger partial charge in [0.25, 0.3) is 5.56 Å². The maximum atomic E-state index is 12.0. The standard InChI is InChI=1S/C13H11NO5S/c1-2-19-13(18)10-8(15)6-7(14-12(10)17)11(16)9-4-3-5-20-9/h3-6H,2H2,1H3,(H2,14,15,17). The quantitative estimate of drug-likeness (QED) is 0.658. The van der Waals surface area contributed by atoms with Crippen LogP contribution in [-0.4, -0.2) is 28.4 Å². The number of esters is 1. The molecule has 0 aliphatic rings. The van der Waals surface area contributed by atoms with Gasteiger partial charge in [-0.15, -0.1) is 11.3 Å². The Morgan fingerprint density at radius 1 is 1.45 bits per heavy atom. The molecule has 2 aromatic heterocycles. The van der Waals surface area contributed by atoms with Crippen LogP contribution in [0.1, 0.15) is 32.6 Å². The monoisotopic (exact) mass is 293 g/mol. The molecule has 0 aromatic carbocycles. The SMILES string of the molecule is CCOC(=O)c1c(O)cc(C(=O)c2cccs2)[nH]c1=O. The van der Waals surface area contributed by atoms with Crippen molar-refractivity contribution >= 4 is 23.1 Å². The lowest BCUT2D eigenvalue weighted by Gasteiger charge is -2.05. The minimum atomic E-state index is -0.929. The minimum absolute atomic E-state index is 0.0770. The second-order valence-corrected chi connectivity index (χ2v) is 4.75. The molecule has 104 valence electrons. The summed E-state index contributed by atoms with van der Waals surface area (Å²) in [6.07, 6.45) is 0. The number of nitrogens with one attached hydrogen (secondary N) is 1. The number of aromatic hydroxyl groups is 1. The van der Waals surface area contributed by atoms with Crippen molar-refractivity contribution in [1.29, 1.82) is 0 Å². The Kier molecular flexibility index (Phi) is 3.99. The molecule has 0 amide bonds. The van der Waals surface area contributed by atoms with Crippen LogP contribution >= 0.6 is 11.3 Å². The summed E-state index contributed by atoms with van der Waals surface area (Å²) >= 11 is 1.21. The number of thiophene rings is 1. The van der Waals surface area contributed by atoms with Crippen molar-refractivity contribution in [1.82, 2.24) is 4.98 Å². The lowest BCUT2D eigenvalue weighted by atomic mass is 10.1. The number of carbonyl (C=O) groups excluding carboxylic acids is 2. The molecule has 2 N–H and O–H groups in total. The molecule has 0 aliphatic heterocycles. The number of aromatic nitrogens is 1. The average Bonchev–Trinajstić information content (AvgIpc) is 2.91. The first-order valence-corrected chi connectivity index (χ1v) is 6.64. The molecule has 0 saturated carbocycles. The first kappa shape index (κ1) is 14.0.